The molecule has 224 valence electrons. The molecule has 0 saturated heterocycles. The number of ether oxygens (including phenoxy) is 2. The number of hydrogen-bond acceptors (Lipinski definition) is 6. The van der Waals surface area contributed by atoms with Gasteiger partial charge < -0.3 is 19.7 Å². The first-order valence-electron chi connectivity index (χ1n) is 13.7. The fourth-order valence-corrected chi connectivity index (χ4v) is 6.10. The lowest BCUT2D eigenvalue weighted by Crippen LogP contribution is -2.53. The molecule has 10 heteroatoms. The number of rotatable bonds is 13. The second kappa shape index (κ2) is 14.4. The maximum Gasteiger partial charge on any atom is 0.264 e. The summed E-state index contributed by atoms with van der Waals surface area (Å²) in [5.41, 5.74) is 1.89. The van der Waals surface area contributed by atoms with Gasteiger partial charge in [-0.25, -0.2) is 8.42 Å². The molecule has 1 N–H and O–H groups in total. The molecule has 0 saturated carbocycles. The van der Waals surface area contributed by atoms with E-state index in [9.17, 15) is 18.0 Å². The van der Waals surface area contributed by atoms with Crippen molar-refractivity contribution in [3.63, 3.8) is 0 Å². The van der Waals surface area contributed by atoms with E-state index < -0.39 is 28.5 Å². The molecular formula is C33H35N3O6S. The third-order valence-corrected chi connectivity index (χ3v) is 8.76. The molecule has 0 fully saturated rings. The van der Waals surface area contributed by atoms with E-state index in [2.05, 4.69) is 5.32 Å². The van der Waals surface area contributed by atoms with Gasteiger partial charge in [-0.15, -0.1) is 0 Å². The number of methoxy groups -OCH3 is 2. The van der Waals surface area contributed by atoms with E-state index in [1.807, 2.05) is 36.4 Å². The van der Waals surface area contributed by atoms with Crippen LogP contribution in [0, 0.1) is 0 Å². The largest absolute Gasteiger partial charge is 0.497 e. The zero-order valence-electron chi connectivity index (χ0n) is 24.3. The fourth-order valence-electron chi connectivity index (χ4n) is 4.69. The standard InChI is InChI=1S/C33H35N3O6S/c1-34-33(38)31(22-25-11-6-4-7-12-25)35(23-26-13-10-16-29(21-26)42-3)32(37)24-36(27-14-8-5-9-15-27)43(39,40)30-19-17-28(41-2)18-20-30/h4-21,31H,22-24H2,1-3H3,(H,34,38)/t31-/m0/s1. The summed E-state index contributed by atoms with van der Waals surface area (Å²) in [4.78, 5) is 29.1. The summed E-state index contributed by atoms with van der Waals surface area (Å²) in [6.45, 7) is -0.489. The van der Waals surface area contributed by atoms with Gasteiger partial charge in [0.1, 0.15) is 24.1 Å². The summed E-state index contributed by atoms with van der Waals surface area (Å²) in [6, 6.07) is 30.0. The summed E-state index contributed by atoms with van der Waals surface area (Å²) < 4.78 is 39.6. The van der Waals surface area contributed by atoms with Crippen LogP contribution < -0.4 is 19.1 Å². The number of amides is 2. The minimum Gasteiger partial charge on any atom is -0.497 e. The van der Waals surface area contributed by atoms with Crippen LogP contribution in [0.15, 0.2) is 114 Å². The molecule has 2 amide bonds. The maximum atomic E-state index is 14.3. The van der Waals surface area contributed by atoms with Crippen LogP contribution >= 0.6 is 0 Å². The SMILES string of the molecule is CNC(=O)[C@H](Cc1ccccc1)N(Cc1cccc(OC)c1)C(=O)CN(c1ccccc1)S(=O)(=O)c1ccc(OC)cc1. The number of nitrogens with zero attached hydrogens (tertiary/aromatic N) is 2. The van der Waals surface area contributed by atoms with E-state index in [0.29, 0.717) is 17.2 Å². The third-order valence-electron chi connectivity index (χ3n) is 6.98. The van der Waals surface area contributed by atoms with Crippen molar-refractivity contribution in [2.45, 2.75) is 23.9 Å². The van der Waals surface area contributed by atoms with Gasteiger partial charge in [0.05, 0.1) is 24.8 Å². The number of anilines is 1. The lowest BCUT2D eigenvalue weighted by molar-refractivity contribution is -0.139. The molecule has 4 aromatic carbocycles. The Kier molecular flexibility index (Phi) is 10.4. The quantitative estimate of drug-likeness (QED) is 0.245. The normalized spacial score (nSPS) is 11.7. The predicted molar refractivity (Wildman–Crippen MR) is 166 cm³/mol. The van der Waals surface area contributed by atoms with Crippen LogP contribution in [0.1, 0.15) is 11.1 Å². The van der Waals surface area contributed by atoms with Gasteiger partial charge in [-0.1, -0.05) is 60.7 Å². The number of para-hydroxylation sites is 1. The molecule has 0 aliphatic heterocycles. The Balaban J connectivity index is 1.77. The van der Waals surface area contributed by atoms with E-state index in [0.717, 1.165) is 15.4 Å². The molecule has 0 bridgehead atoms. The zero-order valence-corrected chi connectivity index (χ0v) is 25.2. The fraction of sp³-hybridized carbons (Fsp3) is 0.212. The highest BCUT2D eigenvalue weighted by Gasteiger charge is 2.34. The van der Waals surface area contributed by atoms with Gasteiger partial charge in [-0.2, -0.15) is 0 Å². The van der Waals surface area contributed by atoms with Gasteiger partial charge in [0.2, 0.25) is 11.8 Å². The summed E-state index contributed by atoms with van der Waals surface area (Å²) >= 11 is 0. The highest BCUT2D eigenvalue weighted by molar-refractivity contribution is 7.92. The number of likely N-dealkylation sites (N-methyl/N-ethyl adjacent to an activating group) is 1. The number of carbonyl (C=O) groups excluding carboxylic acids is 2. The molecule has 0 aromatic heterocycles. The van der Waals surface area contributed by atoms with Gasteiger partial charge in [0, 0.05) is 20.0 Å². The van der Waals surface area contributed by atoms with Gasteiger partial charge in [-0.3, -0.25) is 13.9 Å². The first-order chi connectivity index (χ1) is 20.8. The van der Waals surface area contributed by atoms with Gasteiger partial charge in [-0.05, 0) is 59.7 Å². The molecule has 43 heavy (non-hydrogen) atoms. The van der Waals surface area contributed by atoms with Gasteiger partial charge in [0.15, 0.2) is 0 Å². The van der Waals surface area contributed by atoms with Crippen molar-refractivity contribution in [1.29, 1.82) is 0 Å². The van der Waals surface area contributed by atoms with Crippen LogP contribution in [0.4, 0.5) is 5.69 Å². The summed E-state index contributed by atoms with van der Waals surface area (Å²) in [5, 5.41) is 2.68. The lowest BCUT2D eigenvalue weighted by Gasteiger charge is -2.33. The molecule has 0 unspecified atom stereocenters. The van der Waals surface area contributed by atoms with Crippen LogP contribution in [0.2, 0.25) is 0 Å². The molecule has 4 rings (SSSR count). The highest BCUT2D eigenvalue weighted by atomic mass is 32.2. The Hall–Kier alpha value is -4.83. The van der Waals surface area contributed by atoms with Gasteiger partial charge >= 0.3 is 0 Å². The Morgan fingerprint density at radius 2 is 1.37 bits per heavy atom. The molecule has 0 spiro atoms. The van der Waals surface area contributed by atoms with Crippen LogP contribution in [-0.2, 0) is 32.6 Å². The molecule has 9 nitrogen and oxygen atoms in total. The van der Waals surface area contributed by atoms with Crippen molar-refractivity contribution in [3.8, 4) is 11.5 Å². The minimum atomic E-state index is -4.19. The molecule has 0 aliphatic rings. The van der Waals surface area contributed by atoms with E-state index >= 15 is 0 Å². The molecule has 0 heterocycles. The van der Waals surface area contributed by atoms with E-state index in [4.69, 9.17) is 9.47 Å². The van der Waals surface area contributed by atoms with Crippen molar-refractivity contribution in [2.75, 3.05) is 32.1 Å². The van der Waals surface area contributed by atoms with Crippen molar-refractivity contribution in [1.82, 2.24) is 10.2 Å². The number of sulfonamides is 1. The monoisotopic (exact) mass is 601 g/mol. The number of carbonyl (C=O) groups is 2. The molecule has 1 atom stereocenters. The predicted octanol–water partition coefficient (Wildman–Crippen LogP) is 4.29. The summed E-state index contributed by atoms with van der Waals surface area (Å²) in [6.07, 6.45) is 0.229. The topological polar surface area (TPSA) is 105 Å². The van der Waals surface area contributed by atoms with Crippen molar-refractivity contribution in [3.05, 3.63) is 120 Å². The second-order valence-electron chi connectivity index (χ2n) is 9.72. The van der Waals surface area contributed by atoms with E-state index in [1.54, 1.807) is 67.8 Å². The first-order valence-corrected chi connectivity index (χ1v) is 15.1. The highest BCUT2D eigenvalue weighted by Crippen LogP contribution is 2.26. The number of nitrogens with one attached hydrogen (secondary N) is 1. The first kappa shape index (κ1) is 31.1. The second-order valence-corrected chi connectivity index (χ2v) is 11.6. The summed E-state index contributed by atoms with van der Waals surface area (Å²) in [5.74, 6) is 0.176. The van der Waals surface area contributed by atoms with Crippen LogP contribution in [0.3, 0.4) is 0 Å². The molecule has 0 aliphatic carbocycles. The van der Waals surface area contributed by atoms with Crippen molar-refractivity contribution in [2.24, 2.45) is 0 Å². The molecule has 0 radical (unpaired) electrons. The Morgan fingerprint density at radius 1 is 0.767 bits per heavy atom. The average molecular weight is 602 g/mol. The minimum absolute atomic E-state index is 0.00330. The molecule has 4 aromatic rings. The zero-order chi connectivity index (χ0) is 30.8. The summed E-state index contributed by atoms with van der Waals surface area (Å²) in [7, 11) is 0.363. The Morgan fingerprint density at radius 3 is 1.98 bits per heavy atom. The van der Waals surface area contributed by atoms with Crippen LogP contribution in [0.25, 0.3) is 0 Å². The maximum absolute atomic E-state index is 14.3. The van der Waals surface area contributed by atoms with Crippen LogP contribution in [-0.4, -0.2) is 59.0 Å². The lowest BCUT2D eigenvalue weighted by atomic mass is 10.0. The van der Waals surface area contributed by atoms with Crippen molar-refractivity contribution >= 4 is 27.5 Å². The van der Waals surface area contributed by atoms with Crippen molar-refractivity contribution < 1.29 is 27.5 Å². The van der Waals surface area contributed by atoms with Gasteiger partial charge in [0.25, 0.3) is 10.0 Å². The number of hydrogen-bond donors (Lipinski definition) is 1. The third kappa shape index (κ3) is 7.72. The number of benzene rings is 4. The average Bonchev–Trinajstić information content (AvgIpc) is 3.05. The smallest absolute Gasteiger partial charge is 0.264 e. The Bertz CT molecular complexity index is 1610. The van der Waals surface area contributed by atoms with E-state index in [-0.39, 0.29) is 23.8 Å². The molecular weight excluding hydrogens is 566 g/mol. The van der Waals surface area contributed by atoms with Crippen LogP contribution in [0.5, 0.6) is 11.5 Å². The Labute approximate surface area is 252 Å². The van der Waals surface area contributed by atoms with E-state index in [1.165, 1.54) is 31.2 Å².